The summed E-state index contributed by atoms with van der Waals surface area (Å²) in [6.07, 6.45) is 1.66. The van der Waals surface area contributed by atoms with Crippen LogP contribution in [0.1, 0.15) is 10.5 Å². The van der Waals surface area contributed by atoms with Crippen molar-refractivity contribution in [3.8, 4) is 0 Å². The Kier molecular flexibility index (Phi) is 3.23. The highest BCUT2D eigenvalue weighted by molar-refractivity contribution is 6.32. The zero-order valence-corrected chi connectivity index (χ0v) is 11.9. The maximum Gasteiger partial charge on any atom is 0.273 e. The van der Waals surface area contributed by atoms with Gasteiger partial charge in [0, 0.05) is 13.2 Å². The molecule has 0 spiro atoms. The first-order chi connectivity index (χ1) is 10.0. The first-order valence-electron chi connectivity index (χ1n) is 6.20. The van der Waals surface area contributed by atoms with E-state index in [-0.39, 0.29) is 16.9 Å². The molecule has 3 rings (SSSR count). The summed E-state index contributed by atoms with van der Waals surface area (Å²) in [6.45, 7) is 0. The first-order valence-corrected chi connectivity index (χ1v) is 6.58. The molecule has 1 amide bonds. The number of para-hydroxylation sites is 2. The van der Waals surface area contributed by atoms with Gasteiger partial charge in [0.05, 0.1) is 16.7 Å². The number of aromatic nitrogens is 3. The molecular weight excluding hydrogens is 290 g/mol. The number of carbonyl (C=O) groups excluding carboxylic acids is 1. The monoisotopic (exact) mass is 301 g/mol. The number of carbonyl (C=O) groups is 1. The molecule has 3 aromatic rings. The van der Waals surface area contributed by atoms with Gasteiger partial charge in [0.25, 0.3) is 5.91 Å². The molecule has 0 aliphatic heterocycles. The standard InChI is InChI=1S/C14H12ClN5O/c1-20-7-8(16)6-11(20)14(21)19-13-12(15)17-9-4-2-3-5-10(9)18-13/h2-7H,16H2,1H3,(H,18,19,21). The minimum Gasteiger partial charge on any atom is -0.397 e. The van der Waals surface area contributed by atoms with Crippen LogP contribution in [-0.2, 0) is 7.05 Å². The van der Waals surface area contributed by atoms with Crippen LogP contribution in [0.3, 0.4) is 0 Å². The van der Waals surface area contributed by atoms with Crippen LogP contribution >= 0.6 is 11.6 Å². The fourth-order valence-corrected chi connectivity index (χ4v) is 2.23. The number of amides is 1. The van der Waals surface area contributed by atoms with Crippen LogP contribution in [0, 0.1) is 0 Å². The Hall–Kier alpha value is -2.60. The number of nitrogens with two attached hydrogens (primary N) is 1. The summed E-state index contributed by atoms with van der Waals surface area (Å²) in [4.78, 5) is 20.7. The van der Waals surface area contributed by atoms with E-state index in [9.17, 15) is 4.79 Å². The van der Waals surface area contributed by atoms with Crippen molar-refractivity contribution < 1.29 is 4.79 Å². The summed E-state index contributed by atoms with van der Waals surface area (Å²) in [5, 5.41) is 2.79. The van der Waals surface area contributed by atoms with E-state index in [4.69, 9.17) is 17.3 Å². The van der Waals surface area contributed by atoms with Gasteiger partial charge in [-0.2, -0.15) is 0 Å². The Morgan fingerprint density at radius 1 is 1.29 bits per heavy atom. The summed E-state index contributed by atoms with van der Waals surface area (Å²) in [6, 6.07) is 8.87. The van der Waals surface area contributed by atoms with E-state index in [1.807, 2.05) is 12.1 Å². The molecule has 0 aliphatic carbocycles. The van der Waals surface area contributed by atoms with Crippen molar-refractivity contribution in [1.82, 2.24) is 14.5 Å². The number of rotatable bonds is 2. The molecule has 106 valence electrons. The normalized spacial score (nSPS) is 10.8. The predicted octanol–water partition coefficient (Wildman–Crippen LogP) is 2.46. The van der Waals surface area contributed by atoms with Crippen molar-refractivity contribution in [2.75, 3.05) is 11.1 Å². The summed E-state index contributed by atoms with van der Waals surface area (Å²) in [5.41, 5.74) is 7.91. The van der Waals surface area contributed by atoms with E-state index in [0.29, 0.717) is 22.4 Å². The van der Waals surface area contributed by atoms with E-state index in [1.54, 1.807) is 36.0 Å². The zero-order chi connectivity index (χ0) is 15.0. The van der Waals surface area contributed by atoms with E-state index in [2.05, 4.69) is 15.3 Å². The van der Waals surface area contributed by atoms with Gasteiger partial charge in [-0.3, -0.25) is 4.79 Å². The number of anilines is 2. The minimum absolute atomic E-state index is 0.143. The number of hydrogen-bond acceptors (Lipinski definition) is 4. The summed E-state index contributed by atoms with van der Waals surface area (Å²) < 4.78 is 1.63. The molecule has 1 aromatic carbocycles. The summed E-state index contributed by atoms with van der Waals surface area (Å²) in [5.74, 6) is -0.124. The molecule has 0 unspecified atom stereocenters. The largest absolute Gasteiger partial charge is 0.397 e. The zero-order valence-electron chi connectivity index (χ0n) is 11.2. The average Bonchev–Trinajstić information content (AvgIpc) is 2.78. The average molecular weight is 302 g/mol. The number of nitrogens with one attached hydrogen (secondary N) is 1. The fourth-order valence-electron chi connectivity index (χ4n) is 2.05. The van der Waals surface area contributed by atoms with Crippen LogP contribution in [-0.4, -0.2) is 20.4 Å². The number of nitrogens with zero attached hydrogens (tertiary/aromatic N) is 3. The number of aryl methyl sites for hydroxylation is 1. The summed E-state index contributed by atoms with van der Waals surface area (Å²) >= 11 is 6.06. The molecule has 2 heterocycles. The van der Waals surface area contributed by atoms with E-state index >= 15 is 0 Å². The first kappa shape index (κ1) is 13.4. The van der Waals surface area contributed by atoms with Gasteiger partial charge in [-0.05, 0) is 18.2 Å². The smallest absolute Gasteiger partial charge is 0.273 e. The third kappa shape index (κ3) is 2.53. The van der Waals surface area contributed by atoms with E-state index in [1.165, 1.54) is 0 Å². The third-order valence-electron chi connectivity index (χ3n) is 3.02. The number of hydrogen-bond donors (Lipinski definition) is 2. The van der Waals surface area contributed by atoms with Crippen LogP contribution in [0.4, 0.5) is 11.5 Å². The highest BCUT2D eigenvalue weighted by atomic mass is 35.5. The molecule has 0 aliphatic rings. The van der Waals surface area contributed by atoms with Crippen molar-refractivity contribution in [3.05, 3.63) is 47.4 Å². The SMILES string of the molecule is Cn1cc(N)cc1C(=O)Nc1nc2ccccc2nc1Cl. The second-order valence-corrected chi connectivity index (χ2v) is 4.93. The maximum absolute atomic E-state index is 12.2. The van der Waals surface area contributed by atoms with Gasteiger partial charge in [-0.25, -0.2) is 9.97 Å². The number of fused-ring (bicyclic) bond motifs is 1. The predicted molar refractivity (Wildman–Crippen MR) is 82.3 cm³/mol. The topological polar surface area (TPSA) is 85.8 Å². The highest BCUT2D eigenvalue weighted by Crippen LogP contribution is 2.22. The molecular formula is C14H12ClN5O. The van der Waals surface area contributed by atoms with E-state index in [0.717, 1.165) is 0 Å². The van der Waals surface area contributed by atoms with Gasteiger partial charge in [0.15, 0.2) is 11.0 Å². The minimum atomic E-state index is -0.347. The Morgan fingerprint density at radius 3 is 2.57 bits per heavy atom. The summed E-state index contributed by atoms with van der Waals surface area (Å²) in [7, 11) is 1.74. The molecule has 0 saturated carbocycles. The van der Waals surface area contributed by atoms with Gasteiger partial charge in [-0.1, -0.05) is 23.7 Å². The van der Waals surface area contributed by atoms with Crippen molar-refractivity contribution >= 4 is 40.0 Å². The van der Waals surface area contributed by atoms with Gasteiger partial charge >= 0.3 is 0 Å². The highest BCUT2D eigenvalue weighted by Gasteiger charge is 2.15. The lowest BCUT2D eigenvalue weighted by molar-refractivity contribution is 0.101. The van der Waals surface area contributed by atoms with Gasteiger partial charge in [-0.15, -0.1) is 0 Å². The fraction of sp³-hybridized carbons (Fsp3) is 0.0714. The van der Waals surface area contributed by atoms with Crippen molar-refractivity contribution in [3.63, 3.8) is 0 Å². The molecule has 0 radical (unpaired) electrons. The lowest BCUT2D eigenvalue weighted by Gasteiger charge is -2.07. The lowest BCUT2D eigenvalue weighted by Crippen LogP contribution is -2.16. The van der Waals surface area contributed by atoms with Crippen LogP contribution in [0.5, 0.6) is 0 Å². The van der Waals surface area contributed by atoms with Gasteiger partial charge in [0.1, 0.15) is 5.69 Å². The third-order valence-corrected chi connectivity index (χ3v) is 3.28. The molecule has 6 nitrogen and oxygen atoms in total. The van der Waals surface area contributed by atoms with Crippen molar-refractivity contribution in [2.24, 2.45) is 7.05 Å². The van der Waals surface area contributed by atoms with Crippen molar-refractivity contribution in [1.29, 1.82) is 0 Å². The molecule has 0 fully saturated rings. The van der Waals surface area contributed by atoms with Gasteiger partial charge in [0.2, 0.25) is 0 Å². The van der Waals surface area contributed by atoms with Crippen LogP contribution < -0.4 is 11.1 Å². The number of nitrogen functional groups attached to an aromatic ring is 1. The Morgan fingerprint density at radius 2 is 1.95 bits per heavy atom. The number of halogens is 1. The second-order valence-electron chi connectivity index (χ2n) is 4.58. The maximum atomic E-state index is 12.2. The van der Waals surface area contributed by atoms with E-state index < -0.39 is 0 Å². The second kappa shape index (κ2) is 5.06. The Labute approximate surface area is 125 Å². The van der Waals surface area contributed by atoms with Crippen LogP contribution in [0.25, 0.3) is 11.0 Å². The molecule has 21 heavy (non-hydrogen) atoms. The molecule has 0 saturated heterocycles. The van der Waals surface area contributed by atoms with Crippen LogP contribution in [0.2, 0.25) is 5.15 Å². The van der Waals surface area contributed by atoms with Gasteiger partial charge < -0.3 is 15.6 Å². The van der Waals surface area contributed by atoms with Crippen molar-refractivity contribution in [2.45, 2.75) is 0 Å². The molecule has 0 atom stereocenters. The number of benzene rings is 1. The lowest BCUT2D eigenvalue weighted by atomic mass is 10.3. The quantitative estimate of drug-likeness (QED) is 0.761. The molecule has 0 bridgehead atoms. The Bertz CT molecular complexity index is 842. The van der Waals surface area contributed by atoms with Crippen LogP contribution in [0.15, 0.2) is 36.5 Å². The molecule has 2 aromatic heterocycles. The molecule has 7 heteroatoms. The Balaban J connectivity index is 1.96. The molecule has 3 N–H and O–H groups in total.